The van der Waals surface area contributed by atoms with Crippen molar-refractivity contribution >= 4 is 40.9 Å². The van der Waals surface area contributed by atoms with E-state index in [1.165, 1.54) is 11.0 Å². The molecule has 0 bridgehead atoms. The molecule has 0 aromatic heterocycles. The van der Waals surface area contributed by atoms with Crippen molar-refractivity contribution in [2.45, 2.75) is 6.92 Å². The maximum absolute atomic E-state index is 12.7. The Morgan fingerprint density at radius 2 is 1.68 bits per heavy atom. The van der Waals surface area contributed by atoms with Gasteiger partial charge >= 0.3 is 0 Å². The van der Waals surface area contributed by atoms with E-state index in [0.717, 1.165) is 11.1 Å². The summed E-state index contributed by atoms with van der Waals surface area (Å²) in [6.45, 7) is 1.96. The third kappa shape index (κ3) is 3.72. The van der Waals surface area contributed by atoms with Gasteiger partial charge < -0.3 is 0 Å². The lowest BCUT2D eigenvalue weighted by Gasteiger charge is -2.28. The topological polar surface area (TPSA) is 49.4 Å². The van der Waals surface area contributed by atoms with Crippen LogP contribution in [0.2, 0.25) is 0 Å². The van der Waals surface area contributed by atoms with Gasteiger partial charge in [-0.25, -0.2) is 0 Å². The number of hydrogen-bond acceptors (Lipinski definition) is 3. The van der Waals surface area contributed by atoms with Gasteiger partial charge in [-0.1, -0.05) is 60.2 Å². The summed E-state index contributed by atoms with van der Waals surface area (Å²) in [6, 6.07) is 17.0. The molecule has 1 fully saturated rings. The maximum Gasteiger partial charge on any atom is 0.270 e. The molecular weight excluding hydrogens is 332 g/mol. The molecule has 2 aromatic rings. The number of amides is 2. The first-order valence-corrected chi connectivity index (χ1v) is 8.17. The number of benzene rings is 2. The molecular formula is C20H16N2O2S. The smallest absolute Gasteiger partial charge is 0.270 e. The number of nitrogens with zero attached hydrogens (tertiary/aromatic N) is 1. The van der Waals surface area contributed by atoms with Crippen molar-refractivity contribution < 1.29 is 9.59 Å². The van der Waals surface area contributed by atoms with E-state index < -0.39 is 11.8 Å². The van der Waals surface area contributed by atoms with E-state index in [9.17, 15) is 9.59 Å². The molecule has 4 nitrogen and oxygen atoms in total. The summed E-state index contributed by atoms with van der Waals surface area (Å²) in [5.74, 6) is -0.925. The number of thiocarbonyl (C=S) groups is 1. The van der Waals surface area contributed by atoms with Crippen molar-refractivity contribution in [1.29, 1.82) is 0 Å². The molecule has 1 heterocycles. The standard InChI is InChI=1S/C20H16N2O2S/c1-14-10-12-16(13-11-14)22-19(24)17(18(23)21-20(22)25)9-5-8-15-6-3-2-4-7-15/h2-13H,1H3,(H,21,23,25)/b8-5+,17-9+. The van der Waals surface area contributed by atoms with Gasteiger partial charge in [0, 0.05) is 0 Å². The number of carbonyl (C=O) groups excluding carboxylic acids is 2. The Balaban J connectivity index is 1.88. The zero-order valence-electron chi connectivity index (χ0n) is 13.6. The molecule has 25 heavy (non-hydrogen) atoms. The van der Waals surface area contributed by atoms with Crippen LogP contribution in [0.15, 0.2) is 72.3 Å². The van der Waals surface area contributed by atoms with Crippen LogP contribution in [0.25, 0.3) is 6.08 Å². The van der Waals surface area contributed by atoms with Gasteiger partial charge in [0.2, 0.25) is 0 Å². The van der Waals surface area contributed by atoms with Crippen molar-refractivity contribution in [3.8, 4) is 0 Å². The van der Waals surface area contributed by atoms with E-state index in [2.05, 4.69) is 5.32 Å². The molecule has 5 heteroatoms. The predicted molar refractivity (Wildman–Crippen MR) is 103 cm³/mol. The molecule has 0 spiro atoms. The lowest BCUT2D eigenvalue weighted by atomic mass is 10.1. The van der Waals surface area contributed by atoms with E-state index in [4.69, 9.17) is 12.2 Å². The van der Waals surface area contributed by atoms with Crippen LogP contribution in [0.1, 0.15) is 11.1 Å². The van der Waals surface area contributed by atoms with E-state index in [0.29, 0.717) is 5.69 Å². The summed E-state index contributed by atoms with van der Waals surface area (Å²) in [7, 11) is 0. The summed E-state index contributed by atoms with van der Waals surface area (Å²) >= 11 is 5.17. The Morgan fingerprint density at radius 3 is 2.36 bits per heavy atom. The highest BCUT2D eigenvalue weighted by molar-refractivity contribution is 7.80. The van der Waals surface area contributed by atoms with Crippen LogP contribution >= 0.6 is 12.2 Å². The lowest BCUT2D eigenvalue weighted by Crippen LogP contribution is -2.54. The van der Waals surface area contributed by atoms with Gasteiger partial charge in [-0.2, -0.15) is 0 Å². The minimum atomic E-state index is -0.490. The Hall–Kier alpha value is -3.05. The normalized spacial score (nSPS) is 16.6. The van der Waals surface area contributed by atoms with Crippen LogP contribution in [0, 0.1) is 6.92 Å². The number of aryl methyl sites for hydroxylation is 1. The first-order chi connectivity index (χ1) is 12.1. The molecule has 3 rings (SSSR count). The highest BCUT2D eigenvalue weighted by atomic mass is 32.1. The third-order valence-electron chi connectivity index (χ3n) is 3.74. The van der Waals surface area contributed by atoms with Crippen LogP contribution in [-0.2, 0) is 9.59 Å². The number of hydrogen-bond donors (Lipinski definition) is 1. The van der Waals surface area contributed by atoms with Gasteiger partial charge in [0.25, 0.3) is 11.8 Å². The van der Waals surface area contributed by atoms with Crippen LogP contribution in [0.4, 0.5) is 5.69 Å². The SMILES string of the molecule is Cc1ccc(N2C(=O)/C(=C/C=C/c3ccccc3)C(=O)NC2=S)cc1. The summed E-state index contributed by atoms with van der Waals surface area (Å²) < 4.78 is 0. The van der Waals surface area contributed by atoms with Crippen molar-refractivity contribution in [3.05, 3.63) is 83.4 Å². The zero-order valence-corrected chi connectivity index (χ0v) is 14.4. The fourth-order valence-electron chi connectivity index (χ4n) is 2.43. The minimum Gasteiger partial charge on any atom is -0.298 e. The van der Waals surface area contributed by atoms with Crippen molar-refractivity contribution in [2.75, 3.05) is 4.90 Å². The molecule has 0 atom stereocenters. The largest absolute Gasteiger partial charge is 0.298 e. The molecule has 0 unspecified atom stereocenters. The molecule has 1 saturated heterocycles. The summed E-state index contributed by atoms with van der Waals surface area (Å²) in [5.41, 5.74) is 2.72. The van der Waals surface area contributed by atoms with E-state index in [1.54, 1.807) is 18.2 Å². The molecule has 0 saturated carbocycles. The fourth-order valence-corrected chi connectivity index (χ4v) is 2.71. The van der Waals surface area contributed by atoms with Crippen LogP contribution in [0.5, 0.6) is 0 Å². The number of anilines is 1. The zero-order chi connectivity index (χ0) is 17.8. The molecule has 1 aliphatic rings. The average molecular weight is 348 g/mol. The number of carbonyl (C=O) groups is 2. The van der Waals surface area contributed by atoms with E-state index in [1.807, 2.05) is 55.5 Å². The molecule has 0 radical (unpaired) electrons. The Bertz CT molecular complexity index is 884. The molecule has 2 aromatic carbocycles. The lowest BCUT2D eigenvalue weighted by molar-refractivity contribution is -0.122. The second kappa shape index (κ2) is 7.23. The average Bonchev–Trinajstić information content (AvgIpc) is 2.60. The van der Waals surface area contributed by atoms with Crippen molar-refractivity contribution in [1.82, 2.24) is 5.32 Å². The monoisotopic (exact) mass is 348 g/mol. The van der Waals surface area contributed by atoms with Crippen LogP contribution in [-0.4, -0.2) is 16.9 Å². The molecule has 0 aliphatic carbocycles. The van der Waals surface area contributed by atoms with E-state index in [-0.39, 0.29) is 10.7 Å². The second-order valence-corrected chi connectivity index (χ2v) is 5.97. The Kier molecular flexibility index (Phi) is 4.86. The van der Waals surface area contributed by atoms with Gasteiger partial charge in [-0.15, -0.1) is 0 Å². The molecule has 124 valence electrons. The van der Waals surface area contributed by atoms with Gasteiger partial charge in [0.15, 0.2) is 5.11 Å². The Labute approximate surface area is 151 Å². The number of nitrogens with one attached hydrogen (secondary N) is 1. The quantitative estimate of drug-likeness (QED) is 0.525. The Morgan fingerprint density at radius 1 is 1.00 bits per heavy atom. The number of allylic oxidation sites excluding steroid dienone is 2. The van der Waals surface area contributed by atoms with E-state index >= 15 is 0 Å². The third-order valence-corrected chi connectivity index (χ3v) is 4.03. The fraction of sp³-hybridized carbons (Fsp3) is 0.0500. The molecule has 1 aliphatic heterocycles. The maximum atomic E-state index is 12.7. The first kappa shape index (κ1) is 16.8. The van der Waals surface area contributed by atoms with Crippen molar-refractivity contribution in [2.24, 2.45) is 0 Å². The summed E-state index contributed by atoms with van der Waals surface area (Å²) in [5, 5.41) is 2.65. The van der Waals surface area contributed by atoms with Gasteiger partial charge in [0.05, 0.1) is 5.69 Å². The molecule has 1 N–H and O–H groups in total. The summed E-state index contributed by atoms with van der Waals surface area (Å²) in [4.78, 5) is 26.2. The molecule has 2 amide bonds. The van der Waals surface area contributed by atoms with Crippen molar-refractivity contribution in [3.63, 3.8) is 0 Å². The van der Waals surface area contributed by atoms with Crippen LogP contribution in [0.3, 0.4) is 0 Å². The van der Waals surface area contributed by atoms with Crippen LogP contribution < -0.4 is 10.2 Å². The summed E-state index contributed by atoms with van der Waals surface area (Å²) in [6.07, 6.45) is 5.02. The first-order valence-electron chi connectivity index (χ1n) is 7.76. The minimum absolute atomic E-state index is 0.0429. The predicted octanol–water partition coefficient (Wildman–Crippen LogP) is 3.38. The highest BCUT2D eigenvalue weighted by Gasteiger charge is 2.33. The highest BCUT2D eigenvalue weighted by Crippen LogP contribution is 2.21. The van der Waals surface area contributed by atoms with Gasteiger partial charge in [-0.05, 0) is 42.9 Å². The van der Waals surface area contributed by atoms with Gasteiger partial charge in [0.1, 0.15) is 5.57 Å². The second-order valence-electron chi connectivity index (χ2n) is 5.59. The number of rotatable bonds is 3. The van der Waals surface area contributed by atoms with Gasteiger partial charge in [-0.3, -0.25) is 19.8 Å².